The predicted molar refractivity (Wildman–Crippen MR) is 107 cm³/mol. The minimum Gasteiger partial charge on any atom is -0.337 e. The molecule has 140 valence electrons. The van der Waals surface area contributed by atoms with Crippen LogP contribution in [-0.4, -0.2) is 33.7 Å². The number of hydrogen-bond acceptors (Lipinski definition) is 6. The zero-order valence-electron chi connectivity index (χ0n) is 15.4. The van der Waals surface area contributed by atoms with Gasteiger partial charge in [0.1, 0.15) is 6.07 Å². The van der Waals surface area contributed by atoms with E-state index in [2.05, 4.69) is 31.4 Å². The Labute approximate surface area is 165 Å². The summed E-state index contributed by atoms with van der Waals surface area (Å²) in [5.41, 5.74) is 4.50. The molecule has 0 aliphatic heterocycles. The lowest BCUT2D eigenvalue weighted by molar-refractivity contribution is 0.768. The molecule has 0 aliphatic rings. The van der Waals surface area contributed by atoms with Gasteiger partial charge < -0.3 is 9.88 Å². The molecule has 0 bridgehead atoms. The third-order valence-corrected chi connectivity index (χ3v) is 4.54. The van der Waals surface area contributed by atoms with Gasteiger partial charge in [0.2, 0.25) is 0 Å². The molecular weight excluding hydrogens is 366 g/mol. The Bertz CT molecular complexity index is 1340. The number of aryl methyl sites for hydroxylation is 1. The van der Waals surface area contributed by atoms with Gasteiger partial charge in [-0.1, -0.05) is 0 Å². The Morgan fingerprint density at radius 3 is 2.66 bits per heavy atom. The lowest BCUT2D eigenvalue weighted by Crippen LogP contribution is -2.01. The lowest BCUT2D eigenvalue weighted by Gasteiger charge is -2.09. The molecule has 0 spiro atoms. The summed E-state index contributed by atoms with van der Waals surface area (Å²) in [6.07, 6.45) is 12.5. The Hall–Kier alpha value is -4.45. The minimum absolute atomic E-state index is 0.290. The third-order valence-electron chi connectivity index (χ3n) is 4.54. The van der Waals surface area contributed by atoms with Crippen LogP contribution in [-0.2, 0) is 7.05 Å². The average Bonchev–Trinajstić information content (AvgIpc) is 3.49. The molecule has 9 heteroatoms. The molecule has 1 aromatic carbocycles. The fourth-order valence-electron chi connectivity index (χ4n) is 3.16. The molecule has 0 saturated carbocycles. The molecule has 4 aromatic heterocycles. The second kappa shape index (κ2) is 6.61. The molecule has 9 nitrogen and oxygen atoms in total. The Morgan fingerprint density at radius 2 is 1.97 bits per heavy atom. The summed E-state index contributed by atoms with van der Waals surface area (Å²) < 4.78 is 5.50. The summed E-state index contributed by atoms with van der Waals surface area (Å²) in [4.78, 5) is 13.0. The summed E-state index contributed by atoms with van der Waals surface area (Å²) in [6.45, 7) is 0. The number of nitriles is 1. The van der Waals surface area contributed by atoms with Crippen molar-refractivity contribution in [2.24, 2.45) is 7.05 Å². The first-order chi connectivity index (χ1) is 14.2. The largest absolute Gasteiger partial charge is 0.337 e. The highest BCUT2D eigenvalue weighted by atomic mass is 15.2. The zero-order valence-corrected chi connectivity index (χ0v) is 15.4. The molecule has 0 atom stereocenters. The first-order valence-electron chi connectivity index (χ1n) is 8.84. The number of nitrogens with one attached hydrogen (secondary N) is 1. The van der Waals surface area contributed by atoms with Gasteiger partial charge in [-0.2, -0.15) is 10.4 Å². The smallest absolute Gasteiger partial charge is 0.181 e. The molecule has 0 radical (unpaired) electrons. The minimum atomic E-state index is 0.290. The topological polar surface area (TPSA) is 102 Å². The summed E-state index contributed by atoms with van der Waals surface area (Å²) in [5.74, 6) is 0.509. The van der Waals surface area contributed by atoms with Crippen molar-refractivity contribution >= 4 is 17.2 Å². The Kier molecular flexibility index (Phi) is 3.81. The molecular formula is C20H15N9. The van der Waals surface area contributed by atoms with Crippen LogP contribution in [0.3, 0.4) is 0 Å². The van der Waals surface area contributed by atoms with Gasteiger partial charge >= 0.3 is 0 Å². The van der Waals surface area contributed by atoms with Crippen LogP contribution < -0.4 is 5.32 Å². The van der Waals surface area contributed by atoms with Crippen molar-refractivity contribution < 1.29 is 0 Å². The molecule has 0 fully saturated rings. The Morgan fingerprint density at radius 1 is 1.10 bits per heavy atom. The highest BCUT2D eigenvalue weighted by molar-refractivity contribution is 5.74. The molecule has 0 aliphatic carbocycles. The van der Waals surface area contributed by atoms with E-state index in [1.807, 2.05) is 52.7 Å². The number of imidazole rings is 2. The molecule has 4 heterocycles. The SMILES string of the molecule is Cn1cc(-c2cnc3c(Nc4ccc(-n5ccnc5)cc4)nc(C#N)cn23)cn1. The van der Waals surface area contributed by atoms with E-state index < -0.39 is 0 Å². The van der Waals surface area contributed by atoms with Gasteiger partial charge in [-0.3, -0.25) is 9.08 Å². The Balaban J connectivity index is 1.54. The fraction of sp³-hybridized carbons (Fsp3) is 0.0500. The maximum Gasteiger partial charge on any atom is 0.181 e. The first kappa shape index (κ1) is 16.7. The van der Waals surface area contributed by atoms with Gasteiger partial charge in [-0.15, -0.1) is 0 Å². The molecule has 29 heavy (non-hydrogen) atoms. The summed E-state index contributed by atoms with van der Waals surface area (Å²) in [6, 6.07) is 9.95. The molecule has 5 aromatic rings. The second-order valence-electron chi connectivity index (χ2n) is 6.47. The van der Waals surface area contributed by atoms with E-state index >= 15 is 0 Å². The van der Waals surface area contributed by atoms with Crippen molar-refractivity contribution in [2.75, 3.05) is 5.32 Å². The van der Waals surface area contributed by atoms with Crippen LogP contribution in [0.15, 0.2) is 67.8 Å². The van der Waals surface area contributed by atoms with E-state index in [4.69, 9.17) is 0 Å². The van der Waals surface area contributed by atoms with Crippen LogP contribution in [0.5, 0.6) is 0 Å². The van der Waals surface area contributed by atoms with Gasteiger partial charge in [0, 0.05) is 48.8 Å². The van der Waals surface area contributed by atoms with Crippen molar-refractivity contribution in [1.82, 2.24) is 33.7 Å². The molecule has 5 rings (SSSR count). The van der Waals surface area contributed by atoms with Crippen molar-refractivity contribution in [3.63, 3.8) is 0 Å². The fourth-order valence-corrected chi connectivity index (χ4v) is 3.16. The van der Waals surface area contributed by atoms with Crippen LogP contribution >= 0.6 is 0 Å². The third kappa shape index (κ3) is 2.98. The second-order valence-corrected chi connectivity index (χ2v) is 6.47. The zero-order chi connectivity index (χ0) is 19.8. The van der Waals surface area contributed by atoms with Crippen LogP contribution in [0.25, 0.3) is 22.6 Å². The van der Waals surface area contributed by atoms with Gasteiger partial charge in [-0.05, 0) is 24.3 Å². The van der Waals surface area contributed by atoms with E-state index in [0.717, 1.165) is 22.6 Å². The van der Waals surface area contributed by atoms with Crippen molar-refractivity contribution in [3.8, 4) is 23.0 Å². The van der Waals surface area contributed by atoms with Gasteiger partial charge in [0.25, 0.3) is 0 Å². The van der Waals surface area contributed by atoms with E-state index in [-0.39, 0.29) is 5.69 Å². The summed E-state index contributed by atoms with van der Waals surface area (Å²) >= 11 is 0. The molecule has 0 amide bonds. The first-order valence-corrected chi connectivity index (χ1v) is 8.84. The molecule has 0 unspecified atom stereocenters. The van der Waals surface area contributed by atoms with E-state index in [1.165, 1.54) is 0 Å². The average molecular weight is 381 g/mol. The number of hydrogen-bond donors (Lipinski definition) is 1. The van der Waals surface area contributed by atoms with Gasteiger partial charge in [-0.25, -0.2) is 15.0 Å². The lowest BCUT2D eigenvalue weighted by atomic mass is 10.2. The maximum atomic E-state index is 9.43. The number of benzene rings is 1. The van der Waals surface area contributed by atoms with Crippen LogP contribution in [0.2, 0.25) is 0 Å². The van der Waals surface area contributed by atoms with Crippen LogP contribution in [0, 0.1) is 11.3 Å². The number of rotatable bonds is 4. The maximum absolute atomic E-state index is 9.43. The van der Waals surface area contributed by atoms with E-state index in [0.29, 0.717) is 11.5 Å². The molecule has 1 N–H and O–H groups in total. The van der Waals surface area contributed by atoms with Gasteiger partial charge in [0.05, 0.1) is 24.4 Å². The number of anilines is 2. The number of fused-ring (bicyclic) bond motifs is 1. The summed E-state index contributed by atoms with van der Waals surface area (Å²) in [7, 11) is 1.86. The monoisotopic (exact) mass is 381 g/mol. The number of nitrogens with zero attached hydrogens (tertiary/aromatic N) is 8. The van der Waals surface area contributed by atoms with Crippen molar-refractivity contribution in [3.05, 3.63) is 73.5 Å². The quantitative estimate of drug-likeness (QED) is 0.514. The van der Waals surface area contributed by atoms with Gasteiger partial charge in [0.15, 0.2) is 17.2 Å². The predicted octanol–water partition coefficient (Wildman–Crippen LogP) is 2.93. The van der Waals surface area contributed by atoms with Crippen LogP contribution in [0.1, 0.15) is 5.69 Å². The standard InChI is InChI=1S/C20H15N9/c1-27-11-14(9-24-27)18-10-23-20-19(26-16(8-21)12-29(18)20)25-15-2-4-17(5-3-15)28-7-6-22-13-28/h2-7,9-13H,1H3,(H,25,26). The van der Waals surface area contributed by atoms with Crippen molar-refractivity contribution in [2.45, 2.75) is 0 Å². The number of aromatic nitrogens is 7. The van der Waals surface area contributed by atoms with Crippen molar-refractivity contribution in [1.29, 1.82) is 5.26 Å². The van der Waals surface area contributed by atoms with E-state index in [1.54, 1.807) is 35.8 Å². The van der Waals surface area contributed by atoms with E-state index in [9.17, 15) is 5.26 Å². The highest BCUT2D eigenvalue weighted by Gasteiger charge is 2.14. The van der Waals surface area contributed by atoms with Crippen LogP contribution in [0.4, 0.5) is 11.5 Å². The highest BCUT2D eigenvalue weighted by Crippen LogP contribution is 2.26. The summed E-state index contributed by atoms with van der Waals surface area (Å²) in [5, 5.41) is 16.9. The normalized spacial score (nSPS) is 10.9. The molecule has 0 saturated heterocycles.